The number of nitrogens with one attached hydrogen (secondary N) is 2. The lowest BCUT2D eigenvalue weighted by Crippen LogP contribution is -2.45. The lowest BCUT2D eigenvalue weighted by Gasteiger charge is -2.28. The van der Waals surface area contributed by atoms with Crippen LogP contribution in [-0.4, -0.2) is 30.6 Å². The van der Waals surface area contributed by atoms with Crippen molar-refractivity contribution in [3.05, 3.63) is 30.1 Å². The third kappa shape index (κ3) is 6.63. The SMILES string of the molecule is CN=C(NCCc1ccccn1)NC1CCC(C)CC1.I. The first kappa shape index (κ1) is 18.2. The zero-order valence-electron chi connectivity index (χ0n) is 13.0. The standard InChI is InChI=1S/C16H26N4.HI/c1-13-6-8-15(9-7-13)20-16(17-2)19-12-10-14-5-3-4-11-18-14;/h3-5,11,13,15H,6-10,12H2,1-2H3,(H2,17,19,20);1H. The molecule has 21 heavy (non-hydrogen) atoms. The third-order valence-corrected chi connectivity index (χ3v) is 3.98. The van der Waals surface area contributed by atoms with Gasteiger partial charge in [-0.15, -0.1) is 24.0 Å². The van der Waals surface area contributed by atoms with Gasteiger partial charge in [0.05, 0.1) is 0 Å². The molecule has 2 rings (SSSR count). The highest BCUT2D eigenvalue weighted by Crippen LogP contribution is 2.23. The molecule has 0 unspecified atom stereocenters. The van der Waals surface area contributed by atoms with Crippen LogP contribution in [0.15, 0.2) is 29.4 Å². The summed E-state index contributed by atoms with van der Waals surface area (Å²) in [5.74, 6) is 1.80. The molecule has 1 aliphatic rings. The van der Waals surface area contributed by atoms with Gasteiger partial charge in [-0.2, -0.15) is 0 Å². The fraction of sp³-hybridized carbons (Fsp3) is 0.625. The molecule has 0 spiro atoms. The number of aromatic nitrogens is 1. The van der Waals surface area contributed by atoms with E-state index < -0.39 is 0 Å². The molecule has 4 nitrogen and oxygen atoms in total. The Morgan fingerprint density at radius 3 is 2.67 bits per heavy atom. The fourth-order valence-corrected chi connectivity index (χ4v) is 2.65. The Kier molecular flexibility index (Phi) is 8.64. The quantitative estimate of drug-likeness (QED) is 0.463. The van der Waals surface area contributed by atoms with Gasteiger partial charge < -0.3 is 10.6 Å². The molecule has 0 radical (unpaired) electrons. The minimum absolute atomic E-state index is 0. The lowest BCUT2D eigenvalue weighted by atomic mass is 9.87. The molecule has 1 saturated carbocycles. The monoisotopic (exact) mass is 402 g/mol. The minimum Gasteiger partial charge on any atom is -0.356 e. The Bertz CT molecular complexity index is 414. The summed E-state index contributed by atoms with van der Waals surface area (Å²) in [5, 5.41) is 6.91. The van der Waals surface area contributed by atoms with Crippen molar-refractivity contribution in [2.75, 3.05) is 13.6 Å². The number of hydrogen-bond donors (Lipinski definition) is 2. The van der Waals surface area contributed by atoms with Crippen LogP contribution in [0.2, 0.25) is 0 Å². The van der Waals surface area contributed by atoms with Crippen molar-refractivity contribution < 1.29 is 0 Å². The maximum Gasteiger partial charge on any atom is 0.191 e. The number of guanidine groups is 1. The molecule has 0 aromatic carbocycles. The number of rotatable bonds is 4. The fourth-order valence-electron chi connectivity index (χ4n) is 2.65. The van der Waals surface area contributed by atoms with Gasteiger partial charge in [-0.25, -0.2) is 0 Å². The predicted octanol–water partition coefficient (Wildman–Crippen LogP) is 2.99. The number of halogens is 1. The van der Waals surface area contributed by atoms with Gasteiger partial charge in [0.15, 0.2) is 5.96 Å². The van der Waals surface area contributed by atoms with E-state index >= 15 is 0 Å². The summed E-state index contributed by atoms with van der Waals surface area (Å²) in [4.78, 5) is 8.63. The van der Waals surface area contributed by atoms with Crippen LogP contribution in [-0.2, 0) is 6.42 Å². The van der Waals surface area contributed by atoms with Crippen molar-refractivity contribution in [2.24, 2.45) is 10.9 Å². The van der Waals surface area contributed by atoms with Crippen molar-refractivity contribution in [2.45, 2.75) is 45.1 Å². The summed E-state index contributed by atoms with van der Waals surface area (Å²) in [6.07, 6.45) is 7.91. The summed E-state index contributed by atoms with van der Waals surface area (Å²) in [6, 6.07) is 6.60. The Balaban J connectivity index is 0.00000220. The maximum atomic E-state index is 4.33. The number of nitrogens with zero attached hydrogens (tertiary/aromatic N) is 2. The van der Waals surface area contributed by atoms with Gasteiger partial charge in [0, 0.05) is 37.9 Å². The van der Waals surface area contributed by atoms with Crippen LogP contribution in [0.4, 0.5) is 0 Å². The van der Waals surface area contributed by atoms with E-state index in [-0.39, 0.29) is 24.0 Å². The second-order valence-electron chi connectivity index (χ2n) is 5.67. The van der Waals surface area contributed by atoms with E-state index in [2.05, 4.69) is 33.6 Å². The first-order valence-corrected chi connectivity index (χ1v) is 7.65. The average Bonchev–Trinajstić information content (AvgIpc) is 2.49. The van der Waals surface area contributed by atoms with Crippen molar-refractivity contribution in [3.63, 3.8) is 0 Å². The van der Waals surface area contributed by atoms with Crippen molar-refractivity contribution in [1.82, 2.24) is 15.6 Å². The largest absolute Gasteiger partial charge is 0.356 e. The lowest BCUT2D eigenvalue weighted by molar-refractivity contribution is 0.329. The van der Waals surface area contributed by atoms with Gasteiger partial charge in [-0.1, -0.05) is 13.0 Å². The highest BCUT2D eigenvalue weighted by molar-refractivity contribution is 14.0. The molecule has 0 atom stereocenters. The molecule has 1 aliphatic carbocycles. The van der Waals surface area contributed by atoms with E-state index in [0.717, 1.165) is 30.5 Å². The van der Waals surface area contributed by atoms with E-state index in [9.17, 15) is 0 Å². The number of pyridine rings is 1. The second-order valence-corrected chi connectivity index (χ2v) is 5.67. The molecule has 2 N–H and O–H groups in total. The first-order valence-electron chi connectivity index (χ1n) is 7.65. The Morgan fingerprint density at radius 1 is 1.29 bits per heavy atom. The molecular weight excluding hydrogens is 375 g/mol. The van der Waals surface area contributed by atoms with E-state index in [1.807, 2.05) is 25.4 Å². The molecule has 1 heterocycles. The van der Waals surface area contributed by atoms with E-state index in [4.69, 9.17) is 0 Å². The summed E-state index contributed by atoms with van der Waals surface area (Å²) in [7, 11) is 1.83. The number of hydrogen-bond acceptors (Lipinski definition) is 2. The topological polar surface area (TPSA) is 49.3 Å². The van der Waals surface area contributed by atoms with Crippen molar-refractivity contribution >= 4 is 29.9 Å². The zero-order chi connectivity index (χ0) is 14.2. The summed E-state index contributed by atoms with van der Waals surface area (Å²) >= 11 is 0. The Labute approximate surface area is 145 Å². The molecule has 1 aromatic heterocycles. The molecule has 5 heteroatoms. The van der Waals surface area contributed by atoms with Gasteiger partial charge in [0.2, 0.25) is 0 Å². The molecule has 0 saturated heterocycles. The second kappa shape index (κ2) is 9.97. The van der Waals surface area contributed by atoms with Crippen molar-refractivity contribution in [3.8, 4) is 0 Å². The van der Waals surface area contributed by atoms with E-state index in [1.165, 1.54) is 25.7 Å². The van der Waals surface area contributed by atoms with Crippen LogP contribution >= 0.6 is 24.0 Å². The van der Waals surface area contributed by atoms with Crippen LogP contribution < -0.4 is 10.6 Å². The van der Waals surface area contributed by atoms with Gasteiger partial charge in [0.1, 0.15) is 0 Å². The maximum absolute atomic E-state index is 4.33. The minimum atomic E-state index is 0. The Morgan fingerprint density at radius 2 is 2.05 bits per heavy atom. The van der Waals surface area contributed by atoms with Gasteiger partial charge in [-0.3, -0.25) is 9.98 Å². The molecule has 0 aliphatic heterocycles. The van der Waals surface area contributed by atoms with Gasteiger partial charge >= 0.3 is 0 Å². The smallest absolute Gasteiger partial charge is 0.191 e. The average molecular weight is 402 g/mol. The van der Waals surface area contributed by atoms with Crippen LogP contribution in [0.1, 0.15) is 38.3 Å². The normalized spacial score (nSPS) is 22.3. The number of aliphatic imine (C=N–C) groups is 1. The third-order valence-electron chi connectivity index (χ3n) is 3.98. The summed E-state index contributed by atoms with van der Waals surface area (Å²) in [6.45, 7) is 3.20. The van der Waals surface area contributed by atoms with Crippen LogP contribution in [0.5, 0.6) is 0 Å². The predicted molar refractivity (Wildman–Crippen MR) is 99.3 cm³/mol. The molecular formula is C16H27IN4. The van der Waals surface area contributed by atoms with E-state index in [0.29, 0.717) is 6.04 Å². The highest BCUT2D eigenvalue weighted by atomic mass is 127. The zero-order valence-corrected chi connectivity index (χ0v) is 15.3. The summed E-state index contributed by atoms with van der Waals surface area (Å²) < 4.78 is 0. The van der Waals surface area contributed by atoms with Gasteiger partial charge in [-0.05, 0) is 43.7 Å². The van der Waals surface area contributed by atoms with Crippen LogP contribution in [0, 0.1) is 5.92 Å². The molecule has 118 valence electrons. The van der Waals surface area contributed by atoms with Crippen molar-refractivity contribution in [1.29, 1.82) is 0 Å². The van der Waals surface area contributed by atoms with Gasteiger partial charge in [0.25, 0.3) is 0 Å². The van der Waals surface area contributed by atoms with Crippen LogP contribution in [0.25, 0.3) is 0 Å². The molecule has 0 amide bonds. The molecule has 0 bridgehead atoms. The first-order chi connectivity index (χ1) is 9.78. The highest BCUT2D eigenvalue weighted by Gasteiger charge is 2.18. The van der Waals surface area contributed by atoms with Crippen LogP contribution in [0.3, 0.4) is 0 Å². The van der Waals surface area contributed by atoms with E-state index in [1.54, 1.807) is 0 Å². The summed E-state index contributed by atoms with van der Waals surface area (Å²) in [5.41, 5.74) is 1.11. The molecule has 1 fully saturated rings. The Hall–Kier alpha value is -0.850. The molecule has 1 aromatic rings.